The van der Waals surface area contributed by atoms with E-state index in [0.717, 1.165) is 37.1 Å². The summed E-state index contributed by atoms with van der Waals surface area (Å²) in [6.45, 7) is 6.84. The predicted octanol–water partition coefficient (Wildman–Crippen LogP) is 5.56. The van der Waals surface area contributed by atoms with E-state index in [4.69, 9.17) is 21.7 Å². The normalized spacial score (nSPS) is 11.4. The monoisotopic (exact) mass is 414 g/mol. The van der Waals surface area contributed by atoms with Gasteiger partial charge in [0.15, 0.2) is 5.11 Å². The van der Waals surface area contributed by atoms with Crippen molar-refractivity contribution in [3.63, 3.8) is 0 Å². The Morgan fingerprint density at radius 1 is 1.07 bits per heavy atom. The van der Waals surface area contributed by atoms with E-state index in [0.29, 0.717) is 17.9 Å². The zero-order valence-electron chi connectivity index (χ0n) is 17.4. The number of benzene rings is 2. The van der Waals surface area contributed by atoms with Crippen LogP contribution in [-0.4, -0.2) is 23.7 Å². The molecule has 2 aromatic carbocycles. The van der Waals surface area contributed by atoms with Crippen LogP contribution in [0.15, 0.2) is 48.5 Å². The molecule has 0 bridgehead atoms. The minimum absolute atomic E-state index is 0.165. The highest BCUT2D eigenvalue weighted by atomic mass is 32.1. The topological polar surface area (TPSA) is 59.6 Å². The van der Waals surface area contributed by atoms with E-state index in [1.165, 1.54) is 0 Å². The number of ether oxygens (including phenoxy) is 2. The quantitative estimate of drug-likeness (QED) is 0.394. The van der Waals surface area contributed by atoms with Gasteiger partial charge < -0.3 is 14.8 Å². The Labute approximate surface area is 178 Å². The largest absolute Gasteiger partial charge is 0.493 e. The van der Waals surface area contributed by atoms with Gasteiger partial charge in [-0.2, -0.15) is 0 Å². The second-order valence-corrected chi connectivity index (χ2v) is 7.23. The first-order valence-electron chi connectivity index (χ1n) is 10.1. The van der Waals surface area contributed by atoms with Crippen molar-refractivity contribution in [2.75, 3.05) is 11.9 Å². The van der Waals surface area contributed by atoms with Crippen molar-refractivity contribution in [2.45, 2.75) is 52.6 Å². The summed E-state index contributed by atoms with van der Waals surface area (Å²) in [7, 11) is 0. The fourth-order valence-corrected chi connectivity index (χ4v) is 2.79. The van der Waals surface area contributed by atoms with Gasteiger partial charge in [0.05, 0.1) is 18.3 Å². The maximum absolute atomic E-state index is 12.6. The Morgan fingerprint density at radius 3 is 2.48 bits per heavy atom. The highest BCUT2D eigenvalue weighted by Crippen LogP contribution is 2.19. The molecule has 0 aromatic heterocycles. The van der Waals surface area contributed by atoms with Gasteiger partial charge >= 0.3 is 0 Å². The molecule has 0 heterocycles. The third kappa shape index (κ3) is 7.74. The third-order valence-corrected chi connectivity index (χ3v) is 4.59. The number of hydrogen-bond acceptors (Lipinski definition) is 4. The lowest BCUT2D eigenvalue weighted by Gasteiger charge is -2.14. The maximum Gasteiger partial charge on any atom is 0.261 e. The van der Waals surface area contributed by atoms with E-state index in [1.807, 2.05) is 37.3 Å². The first-order chi connectivity index (χ1) is 14.0. The molecule has 1 atom stereocenters. The van der Waals surface area contributed by atoms with Crippen LogP contribution in [0.3, 0.4) is 0 Å². The minimum Gasteiger partial charge on any atom is -0.493 e. The highest BCUT2D eigenvalue weighted by Gasteiger charge is 2.13. The van der Waals surface area contributed by atoms with Crippen LogP contribution in [0.2, 0.25) is 0 Å². The van der Waals surface area contributed by atoms with Gasteiger partial charge in [-0.25, -0.2) is 0 Å². The molecule has 0 aliphatic carbocycles. The van der Waals surface area contributed by atoms with Crippen molar-refractivity contribution >= 4 is 28.9 Å². The molecule has 2 rings (SSSR count). The van der Waals surface area contributed by atoms with E-state index in [1.54, 1.807) is 18.2 Å². The van der Waals surface area contributed by atoms with Gasteiger partial charge in [0, 0.05) is 5.69 Å². The number of thiocarbonyl (C=S) groups is 1. The molecule has 5 nitrogen and oxygen atoms in total. The summed E-state index contributed by atoms with van der Waals surface area (Å²) < 4.78 is 11.5. The van der Waals surface area contributed by atoms with Crippen LogP contribution >= 0.6 is 12.2 Å². The van der Waals surface area contributed by atoms with Gasteiger partial charge in [-0.15, -0.1) is 0 Å². The van der Waals surface area contributed by atoms with Crippen molar-refractivity contribution < 1.29 is 14.3 Å². The summed E-state index contributed by atoms with van der Waals surface area (Å²) in [5.41, 5.74) is 1.24. The molecular formula is C23H30N2O3S. The fourth-order valence-electron chi connectivity index (χ4n) is 2.58. The number of para-hydroxylation sites is 1. The van der Waals surface area contributed by atoms with Crippen LogP contribution in [0.4, 0.5) is 5.69 Å². The lowest BCUT2D eigenvalue weighted by atomic mass is 10.2. The molecule has 0 spiro atoms. The average molecular weight is 415 g/mol. The number of anilines is 1. The molecule has 1 unspecified atom stereocenters. The van der Waals surface area contributed by atoms with Gasteiger partial charge in [-0.1, -0.05) is 38.8 Å². The van der Waals surface area contributed by atoms with Crippen molar-refractivity contribution in [1.82, 2.24) is 5.32 Å². The van der Waals surface area contributed by atoms with E-state index >= 15 is 0 Å². The van der Waals surface area contributed by atoms with Gasteiger partial charge in [0.25, 0.3) is 5.91 Å². The van der Waals surface area contributed by atoms with E-state index < -0.39 is 0 Å². The zero-order chi connectivity index (χ0) is 21.1. The van der Waals surface area contributed by atoms with Crippen LogP contribution < -0.4 is 20.1 Å². The molecule has 6 heteroatoms. The van der Waals surface area contributed by atoms with Crippen LogP contribution in [0, 0.1) is 0 Å². The summed E-state index contributed by atoms with van der Waals surface area (Å²) in [5, 5.41) is 5.96. The van der Waals surface area contributed by atoms with Crippen molar-refractivity contribution in [3.8, 4) is 11.5 Å². The van der Waals surface area contributed by atoms with Crippen molar-refractivity contribution in [3.05, 3.63) is 54.1 Å². The molecule has 0 radical (unpaired) electrons. The number of amides is 1. The first kappa shape index (κ1) is 22.7. The Bertz CT molecular complexity index is 793. The Kier molecular flexibility index (Phi) is 9.44. The number of unbranched alkanes of at least 4 members (excludes halogenated alkanes) is 2. The SMILES string of the molecule is CCCCCOc1ccccc1C(=O)NC(=S)Nc1ccc(OC(C)CC)cc1. The van der Waals surface area contributed by atoms with Crippen LogP contribution in [0.1, 0.15) is 56.8 Å². The van der Waals surface area contributed by atoms with Crippen molar-refractivity contribution in [2.24, 2.45) is 0 Å². The molecule has 0 saturated carbocycles. The number of hydrogen-bond donors (Lipinski definition) is 2. The number of rotatable bonds is 10. The fraction of sp³-hybridized carbons (Fsp3) is 0.391. The van der Waals surface area contributed by atoms with E-state index in [2.05, 4.69) is 24.5 Å². The second kappa shape index (κ2) is 12.1. The second-order valence-electron chi connectivity index (χ2n) is 6.82. The van der Waals surface area contributed by atoms with Crippen LogP contribution in [0.25, 0.3) is 0 Å². The van der Waals surface area contributed by atoms with E-state index in [-0.39, 0.29) is 17.1 Å². The average Bonchev–Trinajstić information content (AvgIpc) is 2.72. The third-order valence-electron chi connectivity index (χ3n) is 4.39. The lowest BCUT2D eigenvalue weighted by Crippen LogP contribution is -2.34. The lowest BCUT2D eigenvalue weighted by molar-refractivity contribution is 0.0973. The molecule has 156 valence electrons. The molecule has 0 fully saturated rings. The Hall–Kier alpha value is -2.60. The highest BCUT2D eigenvalue weighted by molar-refractivity contribution is 7.80. The standard InChI is InChI=1S/C23H30N2O3S/c1-4-6-9-16-27-21-11-8-7-10-20(21)22(26)25-23(29)24-18-12-14-19(15-13-18)28-17(3)5-2/h7-8,10-15,17H,4-6,9,16H2,1-3H3,(H2,24,25,26,29). The molecular weight excluding hydrogens is 384 g/mol. The molecule has 1 amide bonds. The van der Waals surface area contributed by atoms with Crippen LogP contribution in [0.5, 0.6) is 11.5 Å². The molecule has 0 aliphatic rings. The van der Waals surface area contributed by atoms with Gasteiger partial charge in [-0.3, -0.25) is 10.1 Å². The molecule has 2 N–H and O–H groups in total. The summed E-state index contributed by atoms with van der Waals surface area (Å²) in [6, 6.07) is 14.7. The van der Waals surface area contributed by atoms with Gasteiger partial charge in [0.2, 0.25) is 0 Å². The smallest absolute Gasteiger partial charge is 0.261 e. The molecule has 29 heavy (non-hydrogen) atoms. The Balaban J connectivity index is 1.91. The zero-order valence-corrected chi connectivity index (χ0v) is 18.2. The summed E-state index contributed by atoms with van der Waals surface area (Å²) in [6.07, 6.45) is 4.29. The minimum atomic E-state index is -0.301. The summed E-state index contributed by atoms with van der Waals surface area (Å²) in [5.74, 6) is 1.06. The Morgan fingerprint density at radius 2 is 1.79 bits per heavy atom. The molecule has 0 aliphatic heterocycles. The first-order valence-corrected chi connectivity index (χ1v) is 10.5. The molecule has 0 saturated heterocycles. The van der Waals surface area contributed by atoms with Gasteiger partial charge in [-0.05, 0) is 68.4 Å². The molecule has 2 aromatic rings. The van der Waals surface area contributed by atoms with Crippen molar-refractivity contribution in [1.29, 1.82) is 0 Å². The van der Waals surface area contributed by atoms with Crippen LogP contribution in [-0.2, 0) is 0 Å². The summed E-state index contributed by atoms with van der Waals surface area (Å²) in [4.78, 5) is 12.6. The van der Waals surface area contributed by atoms with Gasteiger partial charge in [0.1, 0.15) is 11.5 Å². The summed E-state index contributed by atoms with van der Waals surface area (Å²) >= 11 is 5.28. The number of carbonyl (C=O) groups excluding carboxylic acids is 1. The number of nitrogens with one attached hydrogen (secondary N) is 2. The van der Waals surface area contributed by atoms with E-state index in [9.17, 15) is 4.79 Å². The maximum atomic E-state index is 12.6. The number of carbonyl (C=O) groups is 1. The predicted molar refractivity (Wildman–Crippen MR) is 122 cm³/mol.